The lowest BCUT2D eigenvalue weighted by Crippen LogP contribution is -2.65. The molecule has 2 saturated heterocycles. The van der Waals surface area contributed by atoms with Crippen molar-refractivity contribution in [3.8, 4) is 22.8 Å². The van der Waals surface area contributed by atoms with E-state index < -0.39 is 47.9 Å². The van der Waals surface area contributed by atoms with Crippen LogP contribution in [0.25, 0.3) is 11.3 Å². The molecule has 5 aromatic rings. The summed E-state index contributed by atoms with van der Waals surface area (Å²) in [5, 5.41) is 17.5. The lowest BCUT2D eigenvalue weighted by Gasteiger charge is -2.46. The number of nitrogens with one attached hydrogen (secondary N) is 2. The number of ether oxygens (including phenoxy) is 1. The summed E-state index contributed by atoms with van der Waals surface area (Å²) in [6.07, 6.45) is 4.66. The Bertz CT molecular complexity index is 2620. The van der Waals surface area contributed by atoms with Crippen LogP contribution in [0.3, 0.4) is 0 Å². The lowest BCUT2D eigenvalue weighted by molar-refractivity contribution is -0.148. The fourth-order valence-electron chi connectivity index (χ4n) is 10.0. The van der Waals surface area contributed by atoms with Crippen molar-refractivity contribution in [2.24, 2.45) is 13.0 Å². The van der Waals surface area contributed by atoms with Crippen molar-refractivity contribution in [3.05, 3.63) is 135 Å². The summed E-state index contributed by atoms with van der Waals surface area (Å²) >= 11 is 12.8. The molecule has 3 heterocycles. The van der Waals surface area contributed by atoms with Gasteiger partial charge in [-0.2, -0.15) is 0 Å². The minimum absolute atomic E-state index is 0.0913. The van der Waals surface area contributed by atoms with Crippen molar-refractivity contribution < 1.29 is 29.0 Å². The zero-order valence-corrected chi connectivity index (χ0v) is 40.2. The van der Waals surface area contributed by atoms with E-state index in [0.717, 1.165) is 40.2 Å². The van der Waals surface area contributed by atoms with Gasteiger partial charge in [-0.15, -0.1) is 0 Å². The van der Waals surface area contributed by atoms with Crippen molar-refractivity contribution in [1.82, 2.24) is 34.9 Å². The highest BCUT2D eigenvalue weighted by Gasteiger charge is 2.45. The topological polar surface area (TPSA) is 149 Å². The molecule has 67 heavy (non-hydrogen) atoms. The lowest BCUT2D eigenvalue weighted by atomic mass is 9.80. The number of piperidine rings is 1. The summed E-state index contributed by atoms with van der Waals surface area (Å²) in [7, 11) is 6.03. The summed E-state index contributed by atoms with van der Waals surface area (Å²) in [6, 6.07) is 25.8. The number of halogens is 2. The van der Waals surface area contributed by atoms with Gasteiger partial charge in [-0.05, 0) is 131 Å². The van der Waals surface area contributed by atoms with Crippen LogP contribution in [0.4, 0.5) is 0 Å². The van der Waals surface area contributed by atoms with Gasteiger partial charge >= 0.3 is 0 Å². The molecule has 3 N–H and O–H groups in total. The monoisotopic (exact) mass is 947 g/mol. The van der Waals surface area contributed by atoms with Crippen LogP contribution >= 0.6 is 23.2 Å². The molecule has 0 radical (unpaired) electrons. The van der Waals surface area contributed by atoms with Crippen LogP contribution in [-0.2, 0) is 45.6 Å². The van der Waals surface area contributed by atoms with E-state index in [9.17, 15) is 14.7 Å². The first kappa shape index (κ1) is 47.8. The molecule has 6 atom stereocenters. The quantitative estimate of drug-likeness (QED) is 0.124. The first-order valence-electron chi connectivity index (χ1n) is 23.0. The molecule has 1 aliphatic carbocycles. The van der Waals surface area contributed by atoms with Crippen LogP contribution in [-0.4, -0.2) is 104 Å². The standard InChI is InChI=1S/C52H59Cl2N7O6/c1-32(58(3)4)48-55-28-45(59(48)5)36-14-20-40(21-15-36)67-46-25-39(54)19-13-37(46)29-61-33(2)49(64)56-44(30-62)50(65)57-52(27-34-11-17-38(53)18-12-34)23-8-24-60(31-52)51(66)43(26-47(61)63)42-22-16-35-9-6-7-10-41(35)42/h6-7,9-15,17-21,25,28,32-33,42-44,62H,8,16,22-24,26-27,29-31H2,1-5H3,(H,56,64)(H,57,65)/t32-,33+,42-,43+,44+,52-/m1/s1. The first-order valence-corrected chi connectivity index (χ1v) is 23.8. The molecule has 15 heteroatoms. The molecule has 352 valence electrons. The van der Waals surface area contributed by atoms with Crippen LogP contribution < -0.4 is 15.4 Å². The van der Waals surface area contributed by atoms with Gasteiger partial charge in [0, 0.05) is 47.7 Å². The molecule has 3 aliphatic rings. The number of fused-ring (bicyclic) bond motifs is 3. The number of amides is 4. The number of aliphatic hydroxyl groups is 1. The predicted molar refractivity (Wildman–Crippen MR) is 259 cm³/mol. The van der Waals surface area contributed by atoms with E-state index in [0.29, 0.717) is 59.3 Å². The van der Waals surface area contributed by atoms with Gasteiger partial charge < -0.3 is 34.8 Å². The highest BCUT2D eigenvalue weighted by molar-refractivity contribution is 6.31. The Morgan fingerprint density at radius 3 is 2.40 bits per heavy atom. The fourth-order valence-corrected chi connectivity index (χ4v) is 10.3. The molecule has 2 fully saturated rings. The molecule has 2 aliphatic heterocycles. The Morgan fingerprint density at radius 2 is 1.67 bits per heavy atom. The largest absolute Gasteiger partial charge is 0.457 e. The zero-order valence-electron chi connectivity index (χ0n) is 38.7. The summed E-state index contributed by atoms with van der Waals surface area (Å²) in [5.74, 6) is -1.00. The van der Waals surface area contributed by atoms with Crippen LogP contribution in [0.15, 0.2) is 97.2 Å². The number of nitrogens with zero attached hydrogens (tertiary/aromatic N) is 5. The predicted octanol–water partition coefficient (Wildman–Crippen LogP) is 7.47. The van der Waals surface area contributed by atoms with E-state index in [-0.39, 0.29) is 37.4 Å². The van der Waals surface area contributed by atoms with E-state index in [1.165, 1.54) is 4.90 Å². The molecule has 1 aromatic heterocycles. The van der Waals surface area contributed by atoms with Crippen molar-refractivity contribution in [1.29, 1.82) is 0 Å². The Kier molecular flexibility index (Phi) is 14.4. The maximum absolute atomic E-state index is 15.3. The second-order valence-corrected chi connectivity index (χ2v) is 19.5. The van der Waals surface area contributed by atoms with E-state index in [4.69, 9.17) is 27.9 Å². The normalized spacial score (nSPS) is 23.1. The highest BCUT2D eigenvalue weighted by atomic mass is 35.5. The second kappa shape index (κ2) is 20.2. The number of aryl methyl sites for hydroxylation is 1. The second-order valence-electron chi connectivity index (χ2n) is 18.6. The molecular formula is C52H59Cl2N7O6. The van der Waals surface area contributed by atoms with Crippen LogP contribution in [0.5, 0.6) is 11.5 Å². The molecule has 4 amide bonds. The number of carbonyl (C=O) groups excluding carboxylic acids is 4. The number of carbonyl (C=O) groups is 4. The smallest absolute Gasteiger partial charge is 0.245 e. The zero-order chi connectivity index (χ0) is 47.6. The molecule has 0 unspecified atom stereocenters. The number of imidazole rings is 1. The van der Waals surface area contributed by atoms with Gasteiger partial charge in [0.25, 0.3) is 0 Å². The fraction of sp³-hybridized carbons (Fsp3) is 0.404. The van der Waals surface area contributed by atoms with Crippen LogP contribution in [0, 0.1) is 5.92 Å². The van der Waals surface area contributed by atoms with Crippen LogP contribution in [0.1, 0.15) is 79.6 Å². The van der Waals surface area contributed by atoms with Gasteiger partial charge in [-0.25, -0.2) is 4.98 Å². The number of hydrogen-bond acceptors (Lipinski definition) is 8. The summed E-state index contributed by atoms with van der Waals surface area (Å²) in [5.41, 5.74) is 4.62. The number of hydrogen-bond donors (Lipinski definition) is 3. The minimum atomic E-state index is -1.34. The Hall–Kier alpha value is -5.73. The Balaban J connectivity index is 1.13. The number of aromatic nitrogens is 2. The van der Waals surface area contributed by atoms with Gasteiger partial charge in [0.1, 0.15) is 29.4 Å². The Morgan fingerprint density at radius 1 is 0.940 bits per heavy atom. The van der Waals surface area contributed by atoms with Gasteiger partial charge in [0.15, 0.2) is 0 Å². The third-order valence-electron chi connectivity index (χ3n) is 14.0. The SMILES string of the molecule is C[C@H](c1ncc(-c2ccc(Oc3cc(Cl)ccc3CN3C(=O)C[C@@H]([C@@H]4CCc5ccccc54)C(=O)N4CCC[C@@](Cc5ccc(Cl)cc5)(C4)NC(=O)[C@H](CO)NC(=O)[C@@H]3C)cc2)n1C)N(C)C. The molecular weight excluding hydrogens is 890 g/mol. The van der Waals surface area contributed by atoms with E-state index in [2.05, 4.69) is 38.1 Å². The summed E-state index contributed by atoms with van der Waals surface area (Å²) in [4.78, 5) is 69.1. The van der Waals surface area contributed by atoms with Gasteiger partial charge in [-0.3, -0.25) is 24.1 Å². The van der Waals surface area contributed by atoms with E-state index in [1.54, 1.807) is 42.2 Å². The van der Waals surface area contributed by atoms with Gasteiger partial charge in [0.05, 0.1) is 42.5 Å². The maximum Gasteiger partial charge on any atom is 0.245 e. The summed E-state index contributed by atoms with van der Waals surface area (Å²) in [6.45, 7) is 3.54. The number of benzene rings is 4. The third-order valence-corrected chi connectivity index (χ3v) is 14.5. The van der Waals surface area contributed by atoms with Crippen molar-refractivity contribution in [2.75, 3.05) is 33.8 Å². The minimum Gasteiger partial charge on any atom is -0.457 e. The van der Waals surface area contributed by atoms with Gasteiger partial charge in [-0.1, -0.05) is 65.7 Å². The number of aliphatic hydroxyl groups excluding tert-OH is 1. The molecule has 2 bridgehead atoms. The maximum atomic E-state index is 15.3. The Labute approximate surface area is 402 Å². The molecule has 4 aromatic carbocycles. The average Bonchev–Trinajstić information content (AvgIpc) is 3.93. The van der Waals surface area contributed by atoms with E-state index in [1.807, 2.05) is 81.9 Å². The molecule has 0 spiro atoms. The average molecular weight is 949 g/mol. The molecule has 13 nitrogen and oxygen atoms in total. The first-order chi connectivity index (χ1) is 32.1. The van der Waals surface area contributed by atoms with E-state index >= 15 is 9.59 Å². The molecule has 8 rings (SSSR count). The summed E-state index contributed by atoms with van der Waals surface area (Å²) < 4.78 is 8.57. The van der Waals surface area contributed by atoms with Crippen LogP contribution in [0.2, 0.25) is 10.0 Å². The number of rotatable bonds is 11. The van der Waals surface area contributed by atoms with Crippen molar-refractivity contribution in [2.45, 2.75) is 88.5 Å². The highest BCUT2D eigenvalue weighted by Crippen LogP contribution is 2.42. The van der Waals surface area contributed by atoms with Crippen molar-refractivity contribution in [3.63, 3.8) is 0 Å². The molecule has 0 saturated carbocycles. The third kappa shape index (κ3) is 10.4. The van der Waals surface area contributed by atoms with Gasteiger partial charge in [0.2, 0.25) is 23.6 Å². The van der Waals surface area contributed by atoms with Crippen molar-refractivity contribution >= 4 is 46.8 Å².